The second-order valence-corrected chi connectivity index (χ2v) is 4.81. The number of nitrogens with zero attached hydrogens (tertiary/aromatic N) is 1. The van der Waals surface area contributed by atoms with Crippen LogP contribution in [0.3, 0.4) is 0 Å². The molecule has 0 amide bonds. The van der Waals surface area contributed by atoms with E-state index in [0.29, 0.717) is 0 Å². The van der Waals surface area contributed by atoms with Gasteiger partial charge in [-0.15, -0.1) is 0 Å². The summed E-state index contributed by atoms with van der Waals surface area (Å²) in [6.45, 7) is 2.69. The van der Waals surface area contributed by atoms with E-state index < -0.39 is 34.8 Å². The first-order valence-electron chi connectivity index (χ1n) is 5.24. The summed E-state index contributed by atoms with van der Waals surface area (Å²) in [4.78, 5) is 0. The van der Waals surface area contributed by atoms with Crippen molar-refractivity contribution < 1.29 is 22.0 Å². The first-order chi connectivity index (χ1) is 9.20. The minimum absolute atomic E-state index is 0.0203. The van der Waals surface area contributed by atoms with Gasteiger partial charge in [0.2, 0.25) is 5.82 Å². The predicted octanol–water partition coefficient (Wildman–Crippen LogP) is 5.10. The van der Waals surface area contributed by atoms with Crippen molar-refractivity contribution in [2.24, 2.45) is 0 Å². The summed E-state index contributed by atoms with van der Waals surface area (Å²) in [7, 11) is 0. The van der Waals surface area contributed by atoms with E-state index in [4.69, 9.17) is 23.2 Å². The van der Waals surface area contributed by atoms with Gasteiger partial charge in [0, 0.05) is 11.4 Å². The molecule has 2 aromatic rings. The molecule has 0 N–H and O–H groups in total. The lowest BCUT2D eigenvalue weighted by molar-refractivity contribution is 0.375. The van der Waals surface area contributed by atoms with Crippen molar-refractivity contribution in [3.05, 3.63) is 50.5 Å². The molecule has 108 valence electrons. The van der Waals surface area contributed by atoms with Crippen LogP contribution in [0, 0.1) is 42.9 Å². The van der Waals surface area contributed by atoms with Crippen LogP contribution in [0.15, 0.2) is 0 Å². The van der Waals surface area contributed by atoms with Gasteiger partial charge in [0.1, 0.15) is 5.69 Å². The minimum Gasteiger partial charge on any atom is -0.310 e. The molecule has 1 aromatic carbocycles. The number of halogens is 7. The van der Waals surface area contributed by atoms with Gasteiger partial charge in [-0.2, -0.15) is 0 Å². The summed E-state index contributed by atoms with van der Waals surface area (Å²) in [6, 6.07) is 0. The number of hydrogen-bond acceptors (Lipinski definition) is 0. The van der Waals surface area contributed by atoms with Crippen LogP contribution in [0.5, 0.6) is 0 Å². The minimum atomic E-state index is -2.22. The third-order valence-electron chi connectivity index (χ3n) is 2.91. The lowest BCUT2D eigenvalue weighted by Gasteiger charge is -2.13. The first-order valence-corrected chi connectivity index (χ1v) is 6.00. The highest BCUT2D eigenvalue weighted by atomic mass is 35.5. The second-order valence-electron chi connectivity index (χ2n) is 4.05. The molecule has 0 unspecified atom stereocenters. The maximum Gasteiger partial charge on any atom is 0.200 e. The van der Waals surface area contributed by atoms with Crippen molar-refractivity contribution in [1.82, 2.24) is 4.57 Å². The average molecular weight is 330 g/mol. The van der Waals surface area contributed by atoms with Crippen LogP contribution in [0.4, 0.5) is 22.0 Å². The smallest absolute Gasteiger partial charge is 0.200 e. The molecule has 1 aromatic heterocycles. The van der Waals surface area contributed by atoms with Crippen LogP contribution in [0.25, 0.3) is 5.69 Å². The highest BCUT2D eigenvalue weighted by Crippen LogP contribution is 2.36. The molecule has 0 saturated heterocycles. The Morgan fingerprint density at radius 3 is 1.30 bits per heavy atom. The standard InChI is InChI=1S/C12H6Cl2F5N/c1-3-5(13)6(14)4(2)20(3)12-10(18)8(16)7(15)9(17)11(12)19/h1-2H3. The van der Waals surface area contributed by atoms with Gasteiger partial charge in [0.25, 0.3) is 0 Å². The molecule has 0 radical (unpaired) electrons. The third kappa shape index (κ3) is 1.90. The van der Waals surface area contributed by atoms with Crippen LogP contribution in [0.1, 0.15) is 11.4 Å². The Morgan fingerprint density at radius 2 is 0.950 bits per heavy atom. The molecular weight excluding hydrogens is 324 g/mol. The lowest BCUT2D eigenvalue weighted by Crippen LogP contribution is -2.11. The Bertz CT molecular complexity index is 669. The molecule has 0 spiro atoms. The van der Waals surface area contributed by atoms with E-state index in [9.17, 15) is 22.0 Å². The monoisotopic (exact) mass is 329 g/mol. The Kier molecular flexibility index (Phi) is 3.73. The fourth-order valence-electron chi connectivity index (χ4n) is 1.89. The fourth-order valence-corrected chi connectivity index (χ4v) is 2.33. The van der Waals surface area contributed by atoms with E-state index >= 15 is 0 Å². The fraction of sp³-hybridized carbons (Fsp3) is 0.167. The average Bonchev–Trinajstić information content (AvgIpc) is 2.61. The van der Waals surface area contributed by atoms with Crippen LogP contribution in [0.2, 0.25) is 10.0 Å². The van der Waals surface area contributed by atoms with Crippen molar-refractivity contribution in [3.63, 3.8) is 0 Å². The van der Waals surface area contributed by atoms with E-state index in [-0.39, 0.29) is 21.4 Å². The lowest BCUT2D eigenvalue weighted by atomic mass is 10.2. The molecular formula is C12H6Cl2F5N. The van der Waals surface area contributed by atoms with Gasteiger partial charge in [0.15, 0.2) is 23.3 Å². The van der Waals surface area contributed by atoms with Crippen molar-refractivity contribution in [2.45, 2.75) is 13.8 Å². The maximum absolute atomic E-state index is 13.8. The van der Waals surface area contributed by atoms with Crippen LogP contribution >= 0.6 is 23.2 Å². The van der Waals surface area contributed by atoms with Gasteiger partial charge in [-0.1, -0.05) is 23.2 Å². The Labute approximate surface area is 120 Å². The summed E-state index contributed by atoms with van der Waals surface area (Å²) in [5, 5.41) is -0.0405. The summed E-state index contributed by atoms with van der Waals surface area (Å²) in [5.74, 6) is -10.2. The number of aromatic nitrogens is 1. The van der Waals surface area contributed by atoms with Gasteiger partial charge in [-0.25, -0.2) is 22.0 Å². The van der Waals surface area contributed by atoms with Crippen LogP contribution in [-0.4, -0.2) is 4.57 Å². The van der Waals surface area contributed by atoms with E-state index in [1.165, 1.54) is 13.8 Å². The third-order valence-corrected chi connectivity index (χ3v) is 3.93. The van der Waals surface area contributed by atoms with Crippen LogP contribution in [-0.2, 0) is 0 Å². The topological polar surface area (TPSA) is 4.93 Å². The Hall–Kier alpha value is -1.27. The molecule has 0 fully saturated rings. The molecule has 1 heterocycles. The summed E-state index contributed by atoms with van der Waals surface area (Å²) < 4.78 is 67.8. The van der Waals surface area contributed by atoms with Gasteiger partial charge in [-0.3, -0.25) is 0 Å². The zero-order valence-corrected chi connectivity index (χ0v) is 11.6. The second kappa shape index (κ2) is 4.93. The maximum atomic E-state index is 13.8. The molecule has 0 aliphatic carbocycles. The molecule has 0 bridgehead atoms. The van der Waals surface area contributed by atoms with Gasteiger partial charge in [0.05, 0.1) is 10.0 Å². The zero-order chi connectivity index (χ0) is 15.4. The number of benzene rings is 1. The molecule has 20 heavy (non-hydrogen) atoms. The van der Waals surface area contributed by atoms with E-state index in [1.807, 2.05) is 0 Å². The molecule has 8 heteroatoms. The number of hydrogen-bond donors (Lipinski definition) is 0. The van der Waals surface area contributed by atoms with E-state index in [1.54, 1.807) is 0 Å². The molecule has 0 aliphatic rings. The molecule has 0 atom stereocenters. The predicted molar refractivity (Wildman–Crippen MR) is 65.1 cm³/mol. The molecule has 2 rings (SSSR count). The highest BCUT2D eigenvalue weighted by molar-refractivity contribution is 6.43. The van der Waals surface area contributed by atoms with Gasteiger partial charge in [-0.05, 0) is 13.8 Å². The Balaban J connectivity index is 2.95. The highest BCUT2D eigenvalue weighted by Gasteiger charge is 2.29. The van der Waals surface area contributed by atoms with E-state index in [0.717, 1.165) is 4.57 Å². The summed E-state index contributed by atoms with van der Waals surface area (Å²) in [5.41, 5.74) is -0.972. The van der Waals surface area contributed by atoms with E-state index in [2.05, 4.69) is 0 Å². The normalized spacial score (nSPS) is 11.2. The number of rotatable bonds is 1. The van der Waals surface area contributed by atoms with Gasteiger partial charge < -0.3 is 4.57 Å². The molecule has 0 aliphatic heterocycles. The zero-order valence-electron chi connectivity index (χ0n) is 10.1. The largest absolute Gasteiger partial charge is 0.310 e. The summed E-state index contributed by atoms with van der Waals surface area (Å²) >= 11 is 11.6. The quantitative estimate of drug-likeness (QED) is 0.390. The van der Waals surface area contributed by atoms with Crippen molar-refractivity contribution in [3.8, 4) is 5.69 Å². The SMILES string of the molecule is Cc1c(Cl)c(Cl)c(C)n1-c1c(F)c(F)c(F)c(F)c1F. The van der Waals surface area contributed by atoms with Crippen molar-refractivity contribution in [1.29, 1.82) is 0 Å². The Morgan fingerprint density at radius 1 is 0.650 bits per heavy atom. The van der Waals surface area contributed by atoms with Crippen molar-refractivity contribution >= 4 is 23.2 Å². The summed E-state index contributed by atoms with van der Waals surface area (Å²) in [6.07, 6.45) is 0. The van der Waals surface area contributed by atoms with Crippen molar-refractivity contribution in [2.75, 3.05) is 0 Å². The first kappa shape index (κ1) is 15.1. The molecule has 1 nitrogen and oxygen atoms in total. The van der Waals surface area contributed by atoms with Crippen LogP contribution < -0.4 is 0 Å². The van der Waals surface area contributed by atoms with Gasteiger partial charge >= 0.3 is 0 Å². The molecule has 0 saturated carbocycles.